The summed E-state index contributed by atoms with van der Waals surface area (Å²) in [5, 5.41) is 0. The van der Waals surface area contributed by atoms with Crippen LogP contribution in [0.25, 0.3) is 0 Å². The minimum Gasteiger partial charge on any atom is -0.369 e. The largest absolute Gasteiger partial charge is 0.369 e. The van der Waals surface area contributed by atoms with Gasteiger partial charge in [-0.25, -0.2) is 4.39 Å². The lowest BCUT2D eigenvalue weighted by Gasteiger charge is -2.07. The van der Waals surface area contributed by atoms with E-state index < -0.39 is 6.80 Å². The number of nitrogens with two attached hydrogens (primary N) is 1. The van der Waals surface area contributed by atoms with E-state index in [1.54, 1.807) is 4.90 Å². The van der Waals surface area contributed by atoms with Crippen molar-refractivity contribution in [2.75, 3.05) is 19.9 Å². The van der Waals surface area contributed by atoms with Crippen molar-refractivity contribution in [3.05, 3.63) is 0 Å². The van der Waals surface area contributed by atoms with Crippen LogP contribution in [0.2, 0.25) is 0 Å². The molecule has 1 aliphatic heterocycles. The van der Waals surface area contributed by atoms with Gasteiger partial charge in [-0.05, 0) is 6.42 Å². The number of hydrogen-bond acceptors (Lipinski definition) is 2. The standard InChI is InChI=1S/C6H11FN2O/c7-4-9-2-1-5(3-9)6(8)10/h5H,1-4H2,(H2,8,10). The molecule has 0 aromatic rings. The average Bonchev–Trinajstić information content (AvgIpc) is 2.34. The van der Waals surface area contributed by atoms with E-state index in [1.165, 1.54) is 0 Å². The second-order valence-electron chi connectivity index (χ2n) is 2.58. The molecule has 0 saturated carbocycles. The van der Waals surface area contributed by atoms with Gasteiger partial charge in [-0.1, -0.05) is 0 Å². The summed E-state index contributed by atoms with van der Waals surface area (Å²) in [5.74, 6) is -0.438. The Bertz CT molecular complexity index is 140. The number of halogens is 1. The van der Waals surface area contributed by atoms with Gasteiger partial charge in [0.15, 0.2) is 0 Å². The van der Waals surface area contributed by atoms with Gasteiger partial charge in [-0.15, -0.1) is 0 Å². The second kappa shape index (κ2) is 2.96. The van der Waals surface area contributed by atoms with Gasteiger partial charge in [0.2, 0.25) is 5.91 Å². The summed E-state index contributed by atoms with van der Waals surface area (Å²) in [6.07, 6.45) is 0.708. The maximum atomic E-state index is 11.9. The number of rotatable bonds is 2. The van der Waals surface area contributed by atoms with E-state index in [-0.39, 0.29) is 11.8 Å². The van der Waals surface area contributed by atoms with Crippen LogP contribution >= 0.6 is 0 Å². The lowest BCUT2D eigenvalue weighted by atomic mass is 10.1. The number of hydrogen-bond donors (Lipinski definition) is 1. The molecule has 3 nitrogen and oxygen atoms in total. The van der Waals surface area contributed by atoms with Crippen LogP contribution in [0.5, 0.6) is 0 Å². The molecule has 1 saturated heterocycles. The van der Waals surface area contributed by atoms with E-state index in [0.717, 1.165) is 0 Å². The first-order chi connectivity index (χ1) is 4.74. The van der Waals surface area contributed by atoms with Crippen molar-refractivity contribution in [3.8, 4) is 0 Å². The van der Waals surface area contributed by atoms with Gasteiger partial charge in [-0.2, -0.15) is 0 Å². The molecule has 0 radical (unpaired) electrons. The number of amides is 1. The number of alkyl halides is 1. The zero-order valence-electron chi connectivity index (χ0n) is 5.72. The second-order valence-corrected chi connectivity index (χ2v) is 2.58. The monoisotopic (exact) mass is 146 g/mol. The summed E-state index contributed by atoms with van der Waals surface area (Å²) in [6.45, 7) is 0.680. The maximum absolute atomic E-state index is 11.9. The first kappa shape index (κ1) is 7.47. The highest BCUT2D eigenvalue weighted by atomic mass is 19.1. The van der Waals surface area contributed by atoms with E-state index in [9.17, 15) is 9.18 Å². The topological polar surface area (TPSA) is 46.3 Å². The highest BCUT2D eigenvalue weighted by Gasteiger charge is 2.25. The molecule has 0 aromatic carbocycles. The number of likely N-dealkylation sites (tertiary alicyclic amines) is 1. The Kier molecular flexibility index (Phi) is 2.21. The predicted molar refractivity (Wildman–Crippen MR) is 34.8 cm³/mol. The number of primary amides is 1. The Labute approximate surface area is 59.0 Å². The zero-order valence-corrected chi connectivity index (χ0v) is 5.72. The minimum absolute atomic E-state index is 0.129. The van der Waals surface area contributed by atoms with Gasteiger partial charge in [0, 0.05) is 13.1 Å². The normalized spacial score (nSPS) is 27.1. The predicted octanol–water partition coefficient (Wildman–Crippen LogP) is -0.279. The van der Waals surface area contributed by atoms with Crippen LogP contribution in [0.1, 0.15) is 6.42 Å². The summed E-state index contributed by atoms with van der Waals surface area (Å²) in [7, 11) is 0. The smallest absolute Gasteiger partial charge is 0.221 e. The molecule has 1 rings (SSSR count). The van der Waals surface area contributed by atoms with Crippen molar-refractivity contribution >= 4 is 5.91 Å². The van der Waals surface area contributed by atoms with Gasteiger partial charge in [0.1, 0.15) is 6.80 Å². The third kappa shape index (κ3) is 1.44. The lowest BCUT2D eigenvalue weighted by Crippen LogP contribution is -2.26. The molecule has 1 aliphatic rings. The van der Waals surface area contributed by atoms with Gasteiger partial charge in [0.25, 0.3) is 0 Å². The van der Waals surface area contributed by atoms with E-state index in [4.69, 9.17) is 5.73 Å². The Morgan fingerprint density at radius 3 is 2.80 bits per heavy atom. The third-order valence-electron chi connectivity index (χ3n) is 1.84. The van der Waals surface area contributed by atoms with E-state index in [2.05, 4.69) is 0 Å². The van der Waals surface area contributed by atoms with Crippen molar-refractivity contribution < 1.29 is 9.18 Å². The molecule has 1 atom stereocenters. The summed E-state index contributed by atoms with van der Waals surface area (Å²) in [6, 6.07) is 0. The fraction of sp³-hybridized carbons (Fsp3) is 0.833. The van der Waals surface area contributed by atoms with Crippen molar-refractivity contribution in [3.63, 3.8) is 0 Å². The molecule has 58 valence electrons. The highest BCUT2D eigenvalue weighted by Crippen LogP contribution is 2.14. The summed E-state index contributed by atoms with van der Waals surface area (Å²) in [4.78, 5) is 12.1. The van der Waals surface area contributed by atoms with Crippen LogP contribution in [0.3, 0.4) is 0 Å². The summed E-state index contributed by atoms with van der Waals surface area (Å²) >= 11 is 0. The molecule has 0 bridgehead atoms. The van der Waals surface area contributed by atoms with E-state index in [0.29, 0.717) is 19.5 Å². The molecule has 1 fully saturated rings. The quantitative estimate of drug-likeness (QED) is 0.545. The third-order valence-corrected chi connectivity index (χ3v) is 1.84. The molecule has 1 heterocycles. The Morgan fingerprint density at radius 1 is 1.80 bits per heavy atom. The molecular weight excluding hydrogens is 135 g/mol. The Hall–Kier alpha value is -0.640. The molecule has 1 unspecified atom stereocenters. The fourth-order valence-corrected chi connectivity index (χ4v) is 1.17. The molecule has 4 heteroatoms. The van der Waals surface area contributed by atoms with Crippen LogP contribution in [-0.2, 0) is 4.79 Å². The zero-order chi connectivity index (χ0) is 7.56. The van der Waals surface area contributed by atoms with Crippen molar-refractivity contribution in [2.45, 2.75) is 6.42 Å². The number of nitrogens with zero attached hydrogens (tertiary/aromatic N) is 1. The highest BCUT2D eigenvalue weighted by molar-refractivity contribution is 5.77. The molecule has 0 spiro atoms. The van der Waals surface area contributed by atoms with Crippen LogP contribution in [0.4, 0.5) is 4.39 Å². The Balaban J connectivity index is 2.35. The SMILES string of the molecule is NC(=O)C1CCN(CF)C1. The molecule has 0 aliphatic carbocycles. The van der Waals surface area contributed by atoms with Gasteiger partial charge in [0.05, 0.1) is 5.92 Å². The summed E-state index contributed by atoms with van der Waals surface area (Å²) < 4.78 is 11.9. The lowest BCUT2D eigenvalue weighted by molar-refractivity contribution is -0.121. The van der Waals surface area contributed by atoms with Crippen LogP contribution in [-0.4, -0.2) is 30.7 Å². The number of carbonyl (C=O) groups excluding carboxylic acids is 1. The fourth-order valence-electron chi connectivity index (χ4n) is 1.17. The average molecular weight is 146 g/mol. The van der Waals surface area contributed by atoms with Crippen LogP contribution < -0.4 is 5.73 Å². The van der Waals surface area contributed by atoms with Gasteiger partial charge >= 0.3 is 0 Å². The Morgan fingerprint density at radius 2 is 2.50 bits per heavy atom. The van der Waals surface area contributed by atoms with Crippen LogP contribution in [0.15, 0.2) is 0 Å². The molecule has 10 heavy (non-hydrogen) atoms. The van der Waals surface area contributed by atoms with E-state index in [1.807, 2.05) is 0 Å². The van der Waals surface area contributed by atoms with Gasteiger partial charge < -0.3 is 5.73 Å². The van der Waals surface area contributed by atoms with Crippen LogP contribution in [0, 0.1) is 5.92 Å². The number of carbonyl (C=O) groups is 1. The van der Waals surface area contributed by atoms with Crippen molar-refractivity contribution in [1.82, 2.24) is 4.90 Å². The minimum atomic E-state index is -0.468. The molecule has 0 aromatic heterocycles. The van der Waals surface area contributed by atoms with E-state index >= 15 is 0 Å². The summed E-state index contributed by atoms with van der Waals surface area (Å²) in [5.41, 5.74) is 5.03. The molecular formula is C6H11FN2O. The molecule has 2 N–H and O–H groups in total. The first-order valence-corrected chi connectivity index (χ1v) is 3.31. The maximum Gasteiger partial charge on any atom is 0.221 e. The van der Waals surface area contributed by atoms with Crippen molar-refractivity contribution in [1.29, 1.82) is 0 Å². The first-order valence-electron chi connectivity index (χ1n) is 3.31. The molecule has 1 amide bonds. The van der Waals surface area contributed by atoms with Crippen molar-refractivity contribution in [2.24, 2.45) is 11.7 Å². The van der Waals surface area contributed by atoms with Gasteiger partial charge in [-0.3, -0.25) is 9.69 Å².